The summed E-state index contributed by atoms with van der Waals surface area (Å²) in [5, 5.41) is 4.43. The number of hydrogen-bond acceptors (Lipinski definition) is 3. The van der Waals surface area contributed by atoms with Gasteiger partial charge in [-0.1, -0.05) is 11.6 Å². The van der Waals surface area contributed by atoms with Crippen molar-refractivity contribution in [2.45, 2.75) is 56.8 Å². The highest BCUT2D eigenvalue weighted by Crippen LogP contribution is 2.55. The zero-order chi connectivity index (χ0) is 21.0. The quantitative estimate of drug-likeness (QED) is 0.770. The second kappa shape index (κ2) is 7.04. The number of urea groups is 1. The van der Waals surface area contributed by atoms with Gasteiger partial charge < -0.3 is 9.88 Å². The molecule has 0 saturated heterocycles. The molecule has 0 unspecified atom stereocenters. The Morgan fingerprint density at radius 3 is 2.21 bits per heavy atom. The van der Waals surface area contributed by atoms with Gasteiger partial charge in [-0.15, -0.1) is 0 Å². The average Bonchev–Trinajstić information content (AvgIpc) is 2.55. The van der Waals surface area contributed by atoms with Crippen LogP contribution in [0, 0.1) is 17.8 Å². The fourth-order valence-corrected chi connectivity index (χ4v) is 5.95. The highest BCUT2D eigenvalue weighted by molar-refractivity contribution is 6.30. The summed E-state index contributed by atoms with van der Waals surface area (Å²) in [4.78, 5) is 36.5. The molecule has 4 bridgehead atoms. The van der Waals surface area contributed by atoms with Crippen molar-refractivity contribution in [2.75, 3.05) is 0 Å². The Kier molecular flexibility index (Phi) is 4.91. The van der Waals surface area contributed by atoms with Gasteiger partial charge in [0.25, 0.3) is 5.56 Å². The molecular formula is C19H21ClF3N3O3. The van der Waals surface area contributed by atoms with Gasteiger partial charge in [-0.05, 0) is 62.3 Å². The van der Waals surface area contributed by atoms with Crippen molar-refractivity contribution in [3.8, 4) is 0 Å². The van der Waals surface area contributed by atoms with Crippen molar-refractivity contribution in [2.24, 2.45) is 17.8 Å². The molecule has 1 aromatic rings. The first kappa shape index (κ1) is 20.3. The molecule has 0 aliphatic heterocycles. The summed E-state index contributed by atoms with van der Waals surface area (Å²) in [6.07, 6.45) is 2.06. The fraction of sp³-hybridized carbons (Fsp3) is 0.632. The van der Waals surface area contributed by atoms with Crippen LogP contribution in [0.5, 0.6) is 0 Å². The molecule has 4 saturated carbocycles. The fourth-order valence-electron chi connectivity index (χ4n) is 5.73. The number of amides is 3. The Morgan fingerprint density at radius 1 is 1.14 bits per heavy atom. The molecule has 1 heterocycles. The average molecular weight is 432 g/mol. The zero-order valence-electron chi connectivity index (χ0n) is 15.5. The molecule has 158 valence electrons. The van der Waals surface area contributed by atoms with E-state index >= 15 is 0 Å². The first-order valence-electron chi connectivity index (χ1n) is 9.62. The molecule has 0 spiro atoms. The number of rotatable bonds is 3. The molecule has 2 N–H and O–H groups in total. The minimum absolute atomic E-state index is 0.310. The number of imide groups is 1. The summed E-state index contributed by atoms with van der Waals surface area (Å²) in [5.41, 5.74) is -2.39. The number of hydrogen-bond donors (Lipinski definition) is 2. The van der Waals surface area contributed by atoms with Crippen LogP contribution in [0.2, 0.25) is 5.02 Å². The van der Waals surface area contributed by atoms with E-state index in [1.54, 1.807) is 0 Å². The van der Waals surface area contributed by atoms with Crippen molar-refractivity contribution in [3.63, 3.8) is 0 Å². The van der Waals surface area contributed by atoms with Crippen LogP contribution in [0.15, 0.2) is 17.1 Å². The van der Waals surface area contributed by atoms with Crippen LogP contribution in [0.4, 0.5) is 18.0 Å². The standard InChI is InChI=1S/C19H21ClF3N3O3/c20-14-4-13(19(21,22)23)8-26(16(14)28)9-15(27)24-17(29)25-18-5-10-1-11(6-18)3-12(2-10)7-18/h4,8,10-12H,1-3,5-7,9H2,(H2,24,25,27,29). The number of aromatic nitrogens is 1. The normalized spacial score (nSPS) is 30.3. The lowest BCUT2D eigenvalue weighted by Crippen LogP contribution is -2.62. The van der Waals surface area contributed by atoms with Crippen LogP contribution < -0.4 is 16.2 Å². The first-order valence-corrected chi connectivity index (χ1v) is 10.00. The molecule has 10 heteroatoms. The van der Waals surface area contributed by atoms with E-state index < -0.39 is 40.8 Å². The van der Waals surface area contributed by atoms with Crippen LogP contribution in [-0.4, -0.2) is 22.0 Å². The minimum atomic E-state index is -4.72. The Morgan fingerprint density at radius 2 is 1.69 bits per heavy atom. The smallest absolute Gasteiger partial charge is 0.332 e. The molecule has 4 aliphatic carbocycles. The van der Waals surface area contributed by atoms with Crippen LogP contribution in [0.25, 0.3) is 0 Å². The van der Waals surface area contributed by atoms with Crippen LogP contribution >= 0.6 is 11.6 Å². The molecule has 1 aromatic heterocycles. The van der Waals surface area contributed by atoms with Crippen LogP contribution in [-0.2, 0) is 17.5 Å². The lowest BCUT2D eigenvalue weighted by atomic mass is 9.53. The molecular weight excluding hydrogens is 411 g/mol. The Labute approximate surface area is 169 Å². The van der Waals surface area contributed by atoms with Gasteiger partial charge in [0, 0.05) is 11.7 Å². The SMILES string of the molecule is O=C(Cn1cc(C(F)(F)F)cc(Cl)c1=O)NC(=O)NC12CC3CC(CC(C3)C1)C2. The molecule has 6 nitrogen and oxygen atoms in total. The Bertz CT molecular complexity index is 877. The third kappa shape index (κ3) is 4.15. The first-order chi connectivity index (χ1) is 13.5. The van der Waals surface area contributed by atoms with Gasteiger partial charge in [-0.3, -0.25) is 14.9 Å². The Balaban J connectivity index is 1.41. The minimum Gasteiger partial charge on any atom is -0.332 e. The van der Waals surface area contributed by atoms with Crippen LogP contribution in [0.3, 0.4) is 0 Å². The van der Waals surface area contributed by atoms with Crippen LogP contribution in [0.1, 0.15) is 44.1 Å². The summed E-state index contributed by atoms with van der Waals surface area (Å²) in [6, 6.07) is -0.166. The van der Waals surface area contributed by atoms with E-state index in [4.69, 9.17) is 11.6 Å². The van der Waals surface area contributed by atoms with E-state index in [2.05, 4.69) is 10.6 Å². The topological polar surface area (TPSA) is 80.2 Å². The van der Waals surface area contributed by atoms with Gasteiger partial charge in [-0.2, -0.15) is 13.2 Å². The number of nitrogens with one attached hydrogen (secondary N) is 2. The number of carbonyl (C=O) groups is 2. The van der Waals surface area contributed by atoms with Gasteiger partial charge in [0.05, 0.1) is 5.56 Å². The largest absolute Gasteiger partial charge is 0.417 e. The van der Waals surface area contributed by atoms with E-state index in [0.29, 0.717) is 34.6 Å². The van der Waals surface area contributed by atoms with E-state index in [9.17, 15) is 27.6 Å². The predicted octanol–water partition coefficient (Wildman–Crippen LogP) is 3.32. The van der Waals surface area contributed by atoms with Gasteiger partial charge >= 0.3 is 12.2 Å². The molecule has 29 heavy (non-hydrogen) atoms. The molecule has 5 rings (SSSR count). The van der Waals surface area contributed by atoms with Gasteiger partial charge in [0.15, 0.2) is 0 Å². The highest BCUT2D eigenvalue weighted by Gasteiger charge is 2.51. The molecule has 0 aromatic carbocycles. The summed E-state index contributed by atoms with van der Waals surface area (Å²) in [7, 11) is 0. The molecule has 0 radical (unpaired) electrons. The Hall–Kier alpha value is -2.03. The van der Waals surface area contributed by atoms with E-state index in [-0.39, 0.29) is 5.54 Å². The number of carbonyl (C=O) groups excluding carboxylic acids is 2. The maximum absolute atomic E-state index is 12.9. The number of pyridine rings is 1. The lowest BCUT2D eigenvalue weighted by molar-refractivity contribution is -0.138. The predicted molar refractivity (Wildman–Crippen MR) is 98.3 cm³/mol. The van der Waals surface area contributed by atoms with Crippen molar-refractivity contribution in [1.29, 1.82) is 0 Å². The van der Waals surface area contributed by atoms with Gasteiger partial charge in [-0.25, -0.2) is 4.79 Å². The van der Waals surface area contributed by atoms with Gasteiger partial charge in [0.1, 0.15) is 11.6 Å². The van der Waals surface area contributed by atoms with Crippen molar-refractivity contribution in [1.82, 2.24) is 15.2 Å². The lowest BCUT2D eigenvalue weighted by Gasteiger charge is -2.56. The number of alkyl halides is 3. The van der Waals surface area contributed by atoms with Gasteiger partial charge in [0.2, 0.25) is 5.91 Å². The summed E-state index contributed by atoms with van der Waals surface area (Å²) in [5.74, 6) is 0.916. The second-order valence-corrected chi connectivity index (χ2v) is 9.11. The van der Waals surface area contributed by atoms with Crippen molar-refractivity contribution >= 4 is 23.5 Å². The van der Waals surface area contributed by atoms with Crippen molar-refractivity contribution in [3.05, 3.63) is 33.2 Å². The molecule has 4 fully saturated rings. The molecule has 0 atom stereocenters. The molecule has 4 aliphatic rings. The zero-order valence-corrected chi connectivity index (χ0v) is 16.3. The highest BCUT2D eigenvalue weighted by atomic mass is 35.5. The summed E-state index contributed by atoms with van der Waals surface area (Å²) in [6.45, 7) is -0.739. The maximum Gasteiger partial charge on any atom is 0.417 e. The van der Waals surface area contributed by atoms with E-state index in [0.717, 1.165) is 19.3 Å². The third-order valence-electron chi connectivity index (χ3n) is 6.35. The maximum atomic E-state index is 12.9. The van der Waals surface area contributed by atoms with E-state index in [1.165, 1.54) is 19.3 Å². The summed E-state index contributed by atoms with van der Waals surface area (Å²) >= 11 is 5.57. The monoisotopic (exact) mass is 431 g/mol. The van der Waals surface area contributed by atoms with Crippen molar-refractivity contribution < 1.29 is 22.8 Å². The van der Waals surface area contributed by atoms with E-state index in [1.807, 2.05) is 0 Å². The number of halogens is 4. The second-order valence-electron chi connectivity index (χ2n) is 8.71. The molecule has 3 amide bonds. The number of nitrogens with zero attached hydrogens (tertiary/aromatic N) is 1. The third-order valence-corrected chi connectivity index (χ3v) is 6.62. The summed E-state index contributed by atoms with van der Waals surface area (Å²) < 4.78 is 39.3.